The van der Waals surface area contributed by atoms with Gasteiger partial charge in [0.2, 0.25) is 15.9 Å². The first-order valence-electron chi connectivity index (χ1n) is 8.28. The molecule has 1 rings (SSSR count). The summed E-state index contributed by atoms with van der Waals surface area (Å²) in [5.74, 6) is 0.285. The van der Waals surface area contributed by atoms with Crippen LogP contribution in [0.25, 0.3) is 0 Å². The minimum Gasteiger partial charge on any atom is -0.494 e. The average molecular weight is 372 g/mol. The van der Waals surface area contributed by atoms with E-state index in [1.165, 1.54) is 6.07 Å². The number of ether oxygens (including phenoxy) is 2. The summed E-state index contributed by atoms with van der Waals surface area (Å²) in [6.07, 6.45) is 0. The molecule has 1 atom stereocenters. The normalized spacial score (nSPS) is 12.9. The maximum Gasteiger partial charge on any atom is 0.243 e. The van der Waals surface area contributed by atoms with Gasteiger partial charge >= 0.3 is 0 Å². The molecular formula is C17H28N2O5S. The van der Waals surface area contributed by atoms with E-state index in [2.05, 4.69) is 5.32 Å². The Hall–Kier alpha value is -1.64. The lowest BCUT2D eigenvalue weighted by Crippen LogP contribution is -2.44. The Morgan fingerprint density at radius 3 is 2.52 bits per heavy atom. The van der Waals surface area contributed by atoms with Crippen molar-refractivity contribution in [3.63, 3.8) is 0 Å². The standard InChI is InChI=1S/C17H28N2O5S/c1-6-19(11-17(20)18-14(4)12-23-5)25(21,22)15-8-9-16(24-7-2)13(3)10-15/h8-10,14H,6-7,11-12H2,1-5H3,(H,18,20)/t14-/m0/s1. The Balaban J connectivity index is 2.93. The molecule has 25 heavy (non-hydrogen) atoms. The van der Waals surface area contributed by atoms with Crippen LogP contribution in [0.1, 0.15) is 26.3 Å². The Bertz CT molecular complexity index is 676. The van der Waals surface area contributed by atoms with Gasteiger partial charge in [0.15, 0.2) is 0 Å². The van der Waals surface area contributed by atoms with Crippen molar-refractivity contribution in [1.29, 1.82) is 0 Å². The van der Waals surface area contributed by atoms with E-state index in [1.807, 2.05) is 6.92 Å². The minimum absolute atomic E-state index is 0.146. The number of rotatable bonds is 10. The van der Waals surface area contributed by atoms with Gasteiger partial charge in [-0.1, -0.05) is 6.92 Å². The summed E-state index contributed by atoms with van der Waals surface area (Å²) < 4.78 is 37.2. The summed E-state index contributed by atoms with van der Waals surface area (Å²) in [4.78, 5) is 12.2. The predicted octanol–water partition coefficient (Wildman–Crippen LogP) is 1.56. The van der Waals surface area contributed by atoms with Gasteiger partial charge < -0.3 is 14.8 Å². The minimum atomic E-state index is -3.76. The second-order valence-corrected chi connectivity index (χ2v) is 7.65. The number of hydrogen-bond donors (Lipinski definition) is 1. The van der Waals surface area contributed by atoms with Gasteiger partial charge in [-0.25, -0.2) is 8.42 Å². The van der Waals surface area contributed by atoms with Crippen LogP contribution in [0, 0.1) is 6.92 Å². The zero-order valence-corrected chi connectivity index (χ0v) is 16.4. The first-order valence-corrected chi connectivity index (χ1v) is 9.72. The van der Waals surface area contributed by atoms with E-state index >= 15 is 0 Å². The Morgan fingerprint density at radius 1 is 1.32 bits per heavy atom. The molecule has 8 heteroatoms. The van der Waals surface area contributed by atoms with Crippen LogP contribution >= 0.6 is 0 Å². The van der Waals surface area contributed by atoms with Gasteiger partial charge in [-0.3, -0.25) is 4.79 Å². The van der Waals surface area contributed by atoms with Gasteiger partial charge in [0.1, 0.15) is 5.75 Å². The van der Waals surface area contributed by atoms with Gasteiger partial charge in [-0.05, 0) is 44.5 Å². The number of hydrogen-bond acceptors (Lipinski definition) is 5. The Kier molecular flexibility index (Phi) is 8.34. The molecule has 7 nitrogen and oxygen atoms in total. The van der Waals surface area contributed by atoms with Crippen molar-refractivity contribution in [2.24, 2.45) is 0 Å². The third kappa shape index (κ3) is 5.98. The highest BCUT2D eigenvalue weighted by molar-refractivity contribution is 7.89. The number of nitrogens with one attached hydrogen (secondary N) is 1. The second-order valence-electron chi connectivity index (χ2n) is 5.72. The lowest BCUT2D eigenvalue weighted by molar-refractivity contribution is -0.122. The molecule has 0 aliphatic heterocycles. The summed E-state index contributed by atoms with van der Waals surface area (Å²) in [5, 5.41) is 2.72. The van der Waals surface area contributed by atoms with Crippen LogP contribution in [-0.2, 0) is 19.6 Å². The maximum absolute atomic E-state index is 12.8. The van der Waals surface area contributed by atoms with E-state index in [0.29, 0.717) is 19.0 Å². The van der Waals surface area contributed by atoms with Crippen LogP contribution in [0.5, 0.6) is 5.75 Å². The monoisotopic (exact) mass is 372 g/mol. The highest BCUT2D eigenvalue weighted by Gasteiger charge is 2.26. The molecule has 0 saturated carbocycles. The first kappa shape index (κ1) is 21.4. The van der Waals surface area contributed by atoms with Crippen molar-refractivity contribution in [3.8, 4) is 5.75 Å². The molecular weight excluding hydrogens is 344 g/mol. The summed E-state index contributed by atoms with van der Waals surface area (Å²) in [5.41, 5.74) is 0.733. The van der Waals surface area contributed by atoms with E-state index in [1.54, 1.807) is 40.0 Å². The topological polar surface area (TPSA) is 84.9 Å². The average Bonchev–Trinajstić information content (AvgIpc) is 2.54. The van der Waals surface area contributed by atoms with Gasteiger partial charge in [0.05, 0.1) is 24.7 Å². The zero-order valence-electron chi connectivity index (χ0n) is 15.5. The highest BCUT2D eigenvalue weighted by Crippen LogP contribution is 2.24. The smallest absolute Gasteiger partial charge is 0.243 e. The van der Waals surface area contributed by atoms with E-state index in [4.69, 9.17) is 9.47 Å². The fourth-order valence-corrected chi connectivity index (χ4v) is 3.88. The van der Waals surface area contributed by atoms with Crippen LogP contribution in [0.3, 0.4) is 0 Å². The van der Waals surface area contributed by atoms with Crippen molar-refractivity contribution in [3.05, 3.63) is 23.8 Å². The van der Waals surface area contributed by atoms with Crippen LogP contribution in [0.2, 0.25) is 0 Å². The number of likely N-dealkylation sites (N-methyl/N-ethyl adjacent to an activating group) is 1. The Labute approximate surface area is 150 Å². The molecule has 142 valence electrons. The summed E-state index contributed by atoms with van der Waals surface area (Å²) in [6, 6.07) is 4.52. The molecule has 0 aromatic heterocycles. The third-order valence-corrected chi connectivity index (χ3v) is 5.50. The van der Waals surface area contributed by atoms with Crippen molar-refractivity contribution in [2.45, 2.75) is 38.6 Å². The molecule has 1 aromatic carbocycles. The lowest BCUT2D eigenvalue weighted by atomic mass is 10.2. The molecule has 1 N–H and O–H groups in total. The number of nitrogens with zero attached hydrogens (tertiary/aromatic N) is 1. The van der Waals surface area contributed by atoms with Crippen LogP contribution < -0.4 is 10.1 Å². The second kappa shape index (κ2) is 9.74. The van der Waals surface area contributed by atoms with Crippen molar-refractivity contribution in [1.82, 2.24) is 9.62 Å². The molecule has 0 aliphatic carbocycles. The predicted molar refractivity (Wildman–Crippen MR) is 96.3 cm³/mol. The largest absolute Gasteiger partial charge is 0.494 e. The molecule has 0 saturated heterocycles. The van der Waals surface area contributed by atoms with Gasteiger partial charge in [0.25, 0.3) is 0 Å². The molecule has 0 heterocycles. The summed E-state index contributed by atoms with van der Waals surface area (Å²) in [7, 11) is -2.22. The van der Waals surface area contributed by atoms with Gasteiger partial charge in [-0.2, -0.15) is 4.31 Å². The number of carbonyl (C=O) groups excluding carboxylic acids is 1. The molecule has 0 aliphatic rings. The number of aryl methyl sites for hydroxylation is 1. The number of sulfonamides is 1. The van der Waals surface area contributed by atoms with Crippen molar-refractivity contribution in [2.75, 3.05) is 33.4 Å². The molecule has 0 fully saturated rings. The van der Waals surface area contributed by atoms with E-state index in [0.717, 1.165) is 9.87 Å². The molecule has 1 aromatic rings. The van der Waals surface area contributed by atoms with Crippen LogP contribution in [0.15, 0.2) is 23.1 Å². The fourth-order valence-electron chi connectivity index (χ4n) is 2.39. The van der Waals surface area contributed by atoms with E-state index < -0.39 is 10.0 Å². The third-order valence-electron chi connectivity index (χ3n) is 3.58. The maximum atomic E-state index is 12.8. The zero-order chi connectivity index (χ0) is 19.0. The molecule has 0 spiro atoms. The molecule has 0 bridgehead atoms. The van der Waals surface area contributed by atoms with Crippen LogP contribution in [0.4, 0.5) is 0 Å². The quantitative estimate of drug-likeness (QED) is 0.674. The van der Waals surface area contributed by atoms with Crippen molar-refractivity contribution < 1.29 is 22.7 Å². The number of carbonyl (C=O) groups is 1. The van der Waals surface area contributed by atoms with Crippen molar-refractivity contribution >= 4 is 15.9 Å². The Morgan fingerprint density at radius 2 is 2.00 bits per heavy atom. The highest BCUT2D eigenvalue weighted by atomic mass is 32.2. The van der Waals surface area contributed by atoms with Crippen LogP contribution in [-0.4, -0.2) is 58.1 Å². The molecule has 1 amide bonds. The van der Waals surface area contributed by atoms with E-state index in [9.17, 15) is 13.2 Å². The number of methoxy groups -OCH3 is 1. The first-order chi connectivity index (χ1) is 11.8. The summed E-state index contributed by atoms with van der Waals surface area (Å²) in [6.45, 7) is 7.98. The summed E-state index contributed by atoms with van der Waals surface area (Å²) >= 11 is 0. The SMILES string of the molecule is CCOc1ccc(S(=O)(=O)N(CC)CC(=O)N[C@@H](C)COC)cc1C. The van der Waals surface area contributed by atoms with Gasteiger partial charge in [0, 0.05) is 19.7 Å². The lowest BCUT2D eigenvalue weighted by Gasteiger charge is -2.22. The number of amides is 1. The molecule has 0 radical (unpaired) electrons. The van der Waals surface area contributed by atoms with Gasteiger partial charge in [-0.15, -0.1) is 0 Å². The number of benzene rings is 1. The molecule has 0 unspecified atom stereocenters. The van der Waals surface area contributed by atoms with E-state index in [-0.39, 0.29) is 29.9 Å². The fraction of sp³-hybridized carbons (Fsp3) is 0.588.